The number of carbonyl (C=O) groups is 1. The minimum Gasteiger partial charge on any atom is -0.338 e. The van der Waals surface area contributed by atoms with Crippen molar-refractivity contribution in [1.29, 1.82) is 0 Å². The molecule has 1 amide bonds. The van der Waals surface area contributed by atoms with E-state index in [4.69, 9.17) is 0 Å². The number of aromatic nitrogens is 4. The number of tetrazole rings is 1. The van der Waals surface area contributed by atoms with Crippen molar-refractivity contribution in [2.75, 3.05) is 6.54 Å². The third-order valence-electron chi connectivity index (χ3n) is 3.97. The summed E-state index contributed by atoms with van der Waals surface area (Å²) in [6.45, 7) is 3.03. The number of carbonyl (C=O) groups excluding carboxylic acids is 1. The first kappa shape index (κ1) is 10.7. The van der Waals surface area contributed by atoms with E-state index in [0.717, 1.165) is 18.9 Å². The Morgan fingerprint density at radius 1 is 1.47 bits per heavy atom. The van der Waals surface area contributed by atoms with E-state index < -0.39 is 0 Å². The average Bonchev–Trinajstić information content (AvgIpc) is 2.84. The fourth-order valence-electron chi connectivity index (χ4n) is 3.06. The van der Waals surface area contributed by atoms with Crippen molar-refractivity contribution in [1.82, 2.24) is 25.1 Å². The molecule has 2 fully saturated rings. The van der Waals surface area contributed by atoms with Crippen molar-refractivity contribution in [2.45, 2.75) is 45.2 Å². The van der Waals surface area contributed by atoms with E-state index in [1.54, 1.807) is 4.68 Å². The summed E-state index contributed by atoms with van der Waals surface area (Å²) >= 11 is 0. The molecule has 1 saturated carbocycles. The molecule has 2 unspecified atom stereocenters. The molecule has 0 radical (unpaired) electrons. The standard InChI is InChI=1S/C11H17N5O/c1-8-12-13-14-16(8)7-11(17)15-6-9-3-2-4-10(15)5-9/h9-10H,2-7H2,1H3. The van der Waals surface area contributed by atoms with Crippen LogP contribution in [-0.4, -0.2) is 43.6 Å². The second-order valence-corrected chi connectivity index (χ2v) is 5.12. The Bertz CT molecular complexity index is 429. The Hall–Kier alpha value is -1.46. The summed E-state index contributed by atoms with van der Waals surface area (Å²) in [5.74, 6) is 1.59. The van der Waals surface area contributed by atoms with Gasteiger partial charge in [-0.05, 0) is 42.5 Å². The molecular weight excluding hydrogens is 218 g/mol. The van der Waals surface area contributed by atoms with E-state index in [2.05, 4.69) is 15.5 Å². The summed E-state index contributed by atoms with van der Waals surface area (Å²) < 4.78 is 1.57. The molecule has 6 heteroatoms. The van der Waals surface area contributed by atoms with Crippen LogP contribution in [0.15, 0.2) is 0 Å². The number of nitrogens with zero attached hydrogens (tertiary/aromatic N) is 5. The molecule has 1 aromatic heterocycles. The molecule has 1 aliphatic carbocycles. The van der Waals surface area contributed by atoms with Gasteiger partial charge in [-0.1, -0.05) is 6.42 Å². The summed E-state index contributed by atoms with van der Waals surface area (Å²) in [5.41, 5.74) is 0. The quantitative estimate of drug-likeness (QED) is 0.743. The van der Waals surface area contributed by atoms with Gasteiger partial charge in [-0.15, -0.1) is 5.10 Å². The Kier molecular flexibility index (Phi) is 2.57. The summed E-state index contributed by atoms with van der Waals surface area (Å²) in [5, 5.41) is 11.2. The van der Waals surface area contributed by atoms with Crippen LogP contribution in [0.5, 0.6) is 0 Å². The fraction of sp³-hybridized carbons (Fsp3) is 0.818. The lowest BCUT2D eigenvalue weighted by atomic mass is 9.90. The predicted molar refractivity (Wildman–Crippen MR) is 60.0 cm³/mol. The van der Waals surface area contributed by atoms with Crippen molar-refractivity contribution in [3.63, 3.8) is 0 Å². The van der Waals surface area contributed by atoms with Crippen molar-refractivity contribution in [2.24, 2.45) is 5.92 Å². The van der Waals surface area contributed by atoms with Gasteiger partial charge >= 0.3 is 0 Å². The van der Waals surface area contributed by atoms with Crippen LogP contribution < -0.4 is 0 Å². The molecule has 1 saturated heterocycles. The lowest BCUT2D eigenvalue weighted by Crippen LogP contribution is -2.37. The highest BCUT2D eigenvalue weighted by Crippen LogP contribution is 2.35. The van der Waals surface area contributed by atoms with Crippen LogP contribution in [0.4, 0.5) is 0 Å². The molecule has 17 heavy (non-hydrogen) atoms. The minimum absolute atomic E-state index is 0.162. The third kappa shape index (κ3) is 1.92. The highest BCUT2D eigenvalue weighted by molar-refractivity contribution is 5.76. The zero-order valence-electron chi connectivity index (χ0n) is 10.0. The molecule has 2 heterocycles. The molecule has 2 atom stereocenters. The number of amides is 1. The Balaban J connectivity index is 1.69. The minimum atomic E-state index is 0.162. The van der Waals surface area contributed by atoms with Crippen molar-refractivity contribution in [3.05, 3.63) is 5.82 Å². The second kappa shape index (κ2) is 4.09. The molecule has 6 nitrogen and oxygen atoms in total. The highest BCUT2D eigenvalue weighted by Gasteiger charge is 2.37. The highest BCUT2D eigenvalue weighted by atomic mass is 16.2. The van der Waals surface area contributed by atoms with Gasteiger partial charge in [-0.3, -0.25) is 4.79 Å². The molecule has 0 spiro atoms. The first-order chi connectivity index (χ1) is 8.24. The molecule has 92 valence electrons. The average molecular weight is 235 g/mol. The third-order valence-corrected chi connectivity index (χ3v) is 3.97. The van der Waals surface area contributed by atoms with E-state index in [1.807, 2.05) is 11.8 Å². The van der Waals surface area contributed by atoms with Gasteiger partial charge in [0.2, 0.25) is 5.91 Å². The van der Waals surface area contributed by atoms with Gasteiger partial charge in [0.15, 0.2) is 0 Å². The zero-order chi connectivity index (χ0) is 11.8. The second-order valence-electron chi connectivity index (χ2n) is 5.12. The summed E-state index contributed by atoms with van der Waals surface area (Å²) in [7, 11) is 0. The monoisotopic (exact) mass is 235 g/mol. The Morgan fingerprint density at radius 3 is 3.06 bits per heavy atom. The number of fused-ring (bicyclic) bond motifs is 2. The lowest BCUT2D eigenvalue weighted by Gasteiger charge is -2.24. The molecule has 3 rings (SSSR count). The summed E-state index contributed by atoms with van der Waals surface area (Å²) in [4.78, 5) is 14.3. The van der Waals surface area contributed by atoms with E-state index in [9.17, 15) is 4.79 Å². The number of hydrogen-bond acceptors (Lipinski definition) is 4. The van der Waals surface area contributed by atoms with Crippen LogP contribution in [0.3, 0.4) is 0 Å². The fourth-order valence-corrected chi connectivity index (χ4v) is 3.06. The lowest BCUT2D eigenvalue weighted by molar-refractivity contribution is -0.133. The molecular formula is C11H17N5O. The van der Waals surface area contributed by atoms with Crippen molar-refractivity contribution in [3.8, 4) is 0 Å². The van der Waals surface area contributed by atoms with E-state index in [1.165, 1.54) is 19.3 Å². The largest absolute Gasteiger partial charge is 0.338 e. The van der Waals surface area contributed by atoms with E-state index >= 15 is 0 Å². The molecule has 2 aliphatic rings. The number of rotatable bonds is 2. The topological polar surface area (TPSA) is 63.9 Å². The van der Waals surface area contributed by atoms with Gasteiger partial charge in [0.1, 0.15) is 12.4 Å². The van der Waals surface area contributed by atoms with Gasteiger partial charge in [0.25, 0.3) is 0 Å². The Labute approximate surface area is 100.0 Å². The maximum absolute atomic E-state index is 12.2. The number of likely N-dealkylation sites (tertiary alicyclic amines) is 1. The number of hydrogen-bond donors (Lipinski definition) is 0. The van der Waals surface area contributed by atoms with E-state index in [-0.39, 0.29) is 12.5 Å². The summed E-state index contributed by atoms with van der Waals surface area (Å²) in [6, 6.07) is 0.470. The zero-order valence-corrected chi connectivity index (χ0v) is 10.0. The first-order valence-corrected chi connectivity index (χ1v) is 6.26. The normalized spacial score (nSPS) is 27.5. The van der Waals surface area contributed by atoms with Crippen LogP contribution in [0, 0.1) is 12.8 Å². The van der Waals surface area contributed by atoms with Gasteiger partial charge in [0, 0.05) is 12.6 Å². The molecule has 1 aromatic rings. The van der Waals surface area contributed by atoms with Gasteiger partial charge in [-0.25, -0.2) is 4.68 Å². The van der Waals surface area contributed by atoms with Gasteiger partial charge in [0.05, 0.1) is 0 Å². The molecule has 1 aliphatic heterocycles. The van der Waals surface area contributed by atoms with Gasteiger partial charge < -0.3 is 4.90 Å². The van der Waals surface area contributed by atoms with Crippen molar-refractivity contribution < 1.29 is 4.79 Å². The van der Waals surface area contributed by atoms with Crippen LogP contribution in [0.2, 0.25) is 0 Å². The summed E-state index contributed by atoms with van der Waals surface area (Å²) in [6.07, 6.45) is 4.91. The smallest absolute Gasteiger partial charge is 0.244 e. The van der Waals surface area contributed by atoms with Crippen LogP contribution in [0.25, 0.3) is 0 Å². The maximum Gasteiger partial charge on any atom is 0.244 e. The predicted octanol–water partition coefficient (Wildman–Crippen LogP) is 0.383. The SMILES string of the molecule is Cc1nnnn1CC(=O)N1CC2CCCC1C2. The molecule has 0 aromatic carbocycles. The Morgan fingerprint density at radius 2 is 2.35 bits per heavy atom. The van der Waals surface area contributed by atoms with Crippen LogP contribution in [0.1, 0.15) is 31.5 Å². The molecule has 2 bridgehead atoms. The molecule has 0 N–H and O–H groups in total. The van der Waals surface area contributed by atoms with Crippen molar-refractivity contribution >= 4 is 5.91 Å². The maximum atomic E-state index is 12.2. The van der Waals surface area contributed by atoms with Crippen LogP contribution in [-0.2, 0) is 11.3 Å². The van der Waals surface area contributed by atoms with E-state index in [0.29, 0.717) is 11.9 Å². The van der Waals surface area contributed by atoms with Gasteiger partial charge in [-0.2, -0.15) is 0 Å². The first-order valence-electron chi connectivity index (χ1n) is 6.26. The van der Waals surface area contributed by atoms with Crippen LogP contribution >= 0.6 is 0 Å². The number of aryl methyl sites for hydroxylation is 1.